The number of nitrogens with one attached hydrogen (secondary N) is 1. The van der Waals surface area contributed by atoms with Crippen LogP contribution in [0.3, 0.4) is 0 Å². The number of aromatic carboxylic acids is 1. The Morgan fingerprint density at radius 3 is 2.74 bits per heavy atom. The Bertz CT molecular complexity index is 669. The fraction of sp³-hybridized carbons (Fsp3) is 0.600. The van der Waals surface area contributed by atoms with Crippen molar-refractivity contribution in [2.75, 3.05) is 26.2 Å². The summed E-state index contributed by atoms with van der Waals surface area (Å²) in [7, 11) is 0. The summed E-state index contributed by atoms with van der Waals surface area (Å²) < 4.78 is 11.0. The predicted molar refractivity (Wildman–Crippen MR) is 102 cm³/mol. The third-order valence-electron chi connectivity index (χ3n) is 4.34. The molecule has 2 N–H and O–H groups in total. The van der Waals surface area contributed by atoms with Gasteiger partial charge in [0.2, 0.25) is 0 Å². The maximum atomic E-state index is 11.9. The number of benzene rings is 1. The highest BCUT2D eigenvalue weighted by molar-refractivity contribution is 5.89. The van der Waals surface area contributed by atoms with Crippen LogP contribution in [0, 0.1) is 6.92 Å². The lowest BCUT2D eigenvalue weighted by molar-refractivity contribution is 0.0468. The van der Waals surface area contributed by atoms with Gasteiger partial charge in [-0.15, -0.1) is 0 Å². The van der Waals surface area contributed by atoms with Gasteiger partial charge < -0.3 is 19.9 Å². The van der Waals surface area contributed by atoms with E-state index in [9.17, 15) is 14.7 Å². The Balaban J connectivity index is 1.78. The van der Waals surface area contributed by atoms with E-state index in [1.165, 1.54) is 0 Å². The highest BCUT2D eigenvalue weighted by atomic mass is 16.6. The van der Waals surface area contributed by atoms with Gasteiger partial charge in [-0.05, 0) is 64.8 Å². The van der Waals surface area contributed by atoms with Gasteiger partial charge in [-0.2, -0.15) is 0 Å². The highest BCUT2D eigenvalue weighted by Gasteiger charge is 2.24. The molecule has 27 heavy (non-hydrogen) atoms. The Morgan fingerprint density at radius 1 is 1.33 bits per heavy atom. The van der Waals surface area contributed by atoms with E-state index in [-0.39, 0.29) is 17.7 Å². The van der Waals surface area contributed by atoms with Crippen LogP contribution in [0.2, 0.25) is 0 Å². The van der Waals surface area contributed by atoms with E-state index >= 15 is 0 Å². The van der Waals surface area contributed by atoms with Crippen LogP contribution in [0.5, 0.6) is 5.75 Å². The molecule has 1 aromatic rings. The van der Waals surface area contributed by atoms with Crippen molar-refractivity contribution in [1.82, 2.24) is 10.2 Å². The van der Waals surface area contributed by atoms with Crippen LogP contribution >= 0.6 is 0 Å². The number of carbonyl (C=O) groups excluding carboxylic acids is 1. The van der Waals surface area contributed by atoms with Crippen LogP contribution in [0.1, 0.15) is 49.5 Å². The number of alkyl carbamates (subject to hydrolysis) is 1. The van der Waals surface area contributed by atoms with Crippen molar-refractivity contribution in [1.29, 1.82) is 0 Å². The van der Waals surface area contributed by atoms with E-state index in [0.29, 0.717) is 24.5 Å². The number of piperidine rings is 1. The molecule has 0 unspecified atom stereocenters. The standard InChI is InChI=1S/C20H30N2O5/c1-14-7-8-16(12-17(14)18(23)24)26-11-10-22-9-5-6-15(13-22)21-19(25)27-20(2,3)4/h7-8,12,15H,5-6,9-11,13H2,1-4H3,(H,21,25)(H,23,24)/t15-/m1/s1. The third kappa shape index (κ3) is 7.09. The Hall–Kier alpha value is -2.28. The predicted octanol–water partition coefficient (Wildman–Crippen LogP) is 3.06. The molecule has 0 bridgehead atoms. The number of nitrogens with zero attached hydrogens (tertiary/aromatic N) is 1. The van der Waals surface area contributed by atoms with Crippen molar-refractivity contribution in [2.45, 2.75) is 52.2 Å². The van der Waals surface area contributed by atoms with Crippen molar-refractivity contribution in [3.05, 3.63) is 29.3 Å². The maximum absolute atomic E-state index is 11.9. The third-order valence-corrected chi connectivity index (χ3v) is 4.34. The van der Waals surface area contributed by atoms with E-state index in [4.69, 9.17) is 9.47 Å². The molecule has 1 aromatic carbocycles. The van der Waals surface area contributed by atoms with Crippen molar-refractivity contribution < 1.29 is 24.2 Å². The Kier molecular flexibility index (Phi) is 7.07. The van der Waals surface area contributed by atoms with E-state index in [1.807, 2.05) is 20.8 Å². The quantitative estimate of drug-likeness (QED) is 0.791. The number of ether oxygens (including phenoxy) is 2. The zero-order valence-corrected chi connectivity index (χ0v) is 16.6. The number of hydrogen-bond donors (Lipinski definition) is 2. The number of carbonyl (C=O) groups is 2. The first-order valence-electron chi connectivity index (χ1n) is 9.32. The average molecular weight is 378 g/mol. The molecular formula is C20H30N2O5. The molecule has 1 aliphatic heterocycles. The molecule has 1 amide bonds. The fourth-order valence-electron chi connectivity index (χ4n) is 3.06. The van der Waals surface area contributed by atoms with Gasteiger partial charge >= 0.3 is 12.1 Å². The van der Waals surface area contributed by atoms with Crippen molar-refractivity contribution in [2.24, 2.45) is 0 Å². The molecule has 1 heterocycles. The molecule has 1 fully saturated rings. The first kappa shape index (κ1) is 21.0. The lowest BCUT2D eigenvalue weighted by atomic mass is 10.1. The summed E-state index contributed by atoms with van der Waals surface area (Å²) in [5, 5.41) is 12.1. The highest BCUT2D eigenvalue weighted by Crippen LogP contribution is 2.18. The Labute approximate surface area is 160 Å². The summed E-state index contributed by atoms with van der Waals surface area (Å²) in [5.41, 5.74) is 0.462. The van der Waals surface area contributed by atoms with Crippen LogP contribution in [0.15, 0.2) is 18.2 Å². The van der Waals surface area contributed by atoms with Gasteiger partial charge in [0.25, 0.3) is 0 Å². The number of likely N-dealkylation sites (tertiary alicyclic amines) is 1. The number of rotatable bonds is 6. The van der Waals surface area contributed by atoms with Crippen LogP contribution in [-0.4, -0.2) is 60.0 Å². The molecule has 0 spiro atoms. The van der Waals surface area contributed by atoms with Gasteiger partial charge in [-0.1, -0.05) is 6.07 Å². The topological polar surface area (TPSA) is 88.1 Å². The minimum Gasteiger partial charge on any atom is -0.492 e. The van der Waals surface area contributed by atoms with Gasteiger partial charge in [0.1, 0.15) is 18.0 Å². The maximum Gasteiger partial charge on any atom is 0.407 e. The van der Waals surface area contributed by atoms with Gasteiger partial charge in [0, 0.05) is 19.1 Å². The summed E-state index contributed by atoms with van der Waals surface area (Å²) in [6.07, 6.45) is 1.54. The molecule has 0 radical (unpaired) electrons. The number of amides is 1. The minimum atomic E-state index is -0.954. The molecule has 1 atom stereocenters. The molecule has 150 valence electrons. The lowest BCUT2D eigenvalue weighted by Crippen LogP contribution is -2.49. The van der Waals surface area contributed by atoms with Gasteiger partial charge in [0.05, 0.1) is 5.56 Å². The first-order chi connectivity index (χ1) is 12.6. The molecule has 1 saturated heterocycles. The van der Waals surface area contributed by atoms with Gasteiger partial charge in [-0.25, -0.2) is 9.59 Å². The molecule has 0 saturated carbocycles. The molecule has 1 aliphatic rings. The molecule has 0 aliphatic carbocycles. The van der Waals surface area contributed by atoms with E-state index in [1.54, 1.807) is 25.1 Å². The zero-order chi connectivity index (χ0) is 20.0. The number of aryl methyl sites for hydroxylation is 1. The molecule has 7 heteroatoms. The van der Waals surface area contributed by atoms with E-state index in [0.717, 1.165) is 25.9 Å². The van der Waals surface area contributed by atoms with E-state index in [2.05, 4.69) is 10.2 Å². The zero-order valence-electron chi connectivity index (χ0n) is 16.6. The lowest BCUT2D eigenvalue weighted by Gasteiger charge is -2.33. The van der Waals surface area contributed by atoms with Crippen LogP contribution in [0.25, 0.3) is 0 Å². The monoisotopic (exact) mass is 378 g/mol. The largest absolute Gasteiger partial charge is 0.492 e. The molecule has 2 rings (SSSR count). The molecular weight excluding hydrogens is 348 g/mol. The minimum absolute atomic E-state index is 0.0617. The molecule has 7 nitrogen and oxygen atoms in total. The molecule has 0 aromatic heterocycles. The van der Waals surface area contributed by atoms with Crippen molar-refractivity contribution >= 4 is 12.1 Å². The van der Waals surface area contributed by atoms with Gasteiger partial charge in [-0.3, -0.25) is 4.90 Å². The van der Waals surface area contributed by atoms with Crippen molar-refractivity contribution in [3.8, 4) is 5.75 Å². The second-order valence-electron chi connectivity index (χ2n) is 7.92. The summed E-state index contributed by atoms with van der Waals surface area (Å²) in [5.74, 6) is -0.400. The first-order valence-corrected chi connectivity index (χ1v) is 9.32. The van der Waals surface area contributed by atoms with Crippen LogP contribution in [0.4, 0.5) is 4.79 Å². The SMILES string of the molecule is Cc1ccc(OCCN2CCC[C@@H](NC(=O)OC(C)(C)C)C2)cc1C(=O)O. The van der Waals surface area contributed by atoms with E-state index < -0.39 is 11.6 Å². The van der Waals surface area contributed by atoms with Crippen molar-refractivity contribution in [3.63, 3.8) is 0 Å². The average Bonchev–Trinajstić information content (AvgIpc) is 2.54. The smallest absolute Gasteiger partial charge is 0.407 e. The summed E-state index contributed by atoms with van der Waals surface area (Å²) >= 11 is 0. The van der Waals surface area contributed by atoms with Crippen LogP contribution < -0.4 is 10.1 Å². The van der Waals surface area contributed by atoms with Crippen LogP contribution in [-0.2, 0) is 4.74 Å². The Morgan fingerprint density at radius 2 is 2.07 bits per heavy atom. The number of hydrogen-bond acceptors (Lipinski definition) is 5. The number of carboxylic acid groups (broad SMARTS) is 1. The fourth-order valence-corrected chi connectivity index (χ4v) is 3.06. The normalized spacial score (nSPS) is 18.0. The van der Waals surface area contributed by atoms with Gasteiger partial charge in [0.15, 0.2) is 0 Å². The summed E-state index contributed by atoms with van der Waals surface area (Å²) in [6.45, 7) is 10.2. The number of carboxylic acids is 1. The second-order valence-corrected chi connectivity index (χ2v) is 7.92. The summed E-state index contributed by atoms with van der Waals surface area (Å²) in [4.78, 5) is 25.4. The second kappa shape index (κ2) is 9.08. The summed E-state index contributed by atoms with van der Waals surface area (Å²) in [6, 6.07) is 5.15.